The first-order valence-electron chi connectivity index (χ1n) is 6.74. The number of carbonyl (C=O) groups excluding carboxylic acids is 1. The van der Waals surface area contributed by atoms with Crippen molar-refractivity contribution in [3.63, 3.8) is 0 Å². The van der Waals surface area contributed by atoms with Crippen LogP contribution in [-0.2, 0) is 4.74 Å². The second-order valence-electron chi connectivity index (χ2n) is 5.40. The van der Waals surface area contributed by atoms with Crippen LogP contribution in [0.15, 0.2) is 0 Å². The second-order valence-corrected chi connectivity index (χ2v) is 6.42. The third-order valence-electron chi connectivity index (χ3n) is 3.75. The van der Waals surface area contributed by atoms with Gasteiger partial charge < -0.3 is 15.8 Å². The maximum absolute atomic E-state index is 11.8. The minimum atomic E-state index is -0.464. The van der Waals surface area contributed by atoms with Gasteiger partial charge in [-0.1, -0.05) is 13.3 Å². The van der Waals surface area contributed by atoms with E-state index in [1.54, 1.807) is 6.92 Å². The number of nitrogen functional groups attached to an aromatic ring is 1. The molecule has 0 radical (unpaired) electrons. The minimum absolute atomic E-state index is 0.220. The number of hydrogen-bond acceptors (Lipinski definition) is 6. The summed E-state index contributed by atoms with van der Waals surface area (Å²) < 4.78 is 4.95. The molecule has 0 atom stereocenters. The fourth-order valence-electron chi connectivity index (χ4n) is 2.28. The maximum atomic E-state index is 11.8. The molecule has 0 aliphatic heterocycles. The number of nitrogens with one attached hydrogen (secondary N) is 1. The molecular weight excluding hydrogens is 274 g/mol. The standard InChI is InChI=1S/C14H19N3O2S/c1-3-19-13(18)11-10(16)9(7-15)12(20-11)17-8-14(2)5-4-6-14/h17H,3-6,8,16H2,1-2H3. The van der Waals surface area contributed by atoms with E-state index in [4.69, 9.17) is 10.5 Å². The molecule has 0 unspecified atom stereocenters. The predicted octanol–water partition coefficient (Wildman–Crippen LogP) is 2.98. The lowest BCUT2D eigenvalue weighted by atomic mass is 9.70. The lowest BCUT2D eigenvalue weighted by Crippen LogP contribution is -2.33. The highest BCUT2D eigenvalue weighted by Gasteiger charge is 2.32. The van der Waals surface area contributed by atoms with E-state index in [0.29, 0.717) is 22.0 Å². The SMILES string of the molecule is CCOC(=O)c1sc(NCC2(C)CCC2)c(C#N)c1N. The number of nitrogens with zero attached hydrogens (tertiary/aromatic N) is 1. The molecule has 108 valence electrons. The zero-order chi connectivity index (χ0) is 14.8. The molecule has 1 aliphatic carbocycles. The van der Waals surface area contributed by atoms with Crippen molar-refractivity contribution >= 4 is 28.0 Å². The molecule has 5 nitrogen and oxygen atoms in total. The Morgan fingerprint density at radius 2 is 2.30 bits per heavy atom. The largest absolute Gasteiger partial charge is 0.462 e. The second kappa shape index (κ2) is 5.71. The lowest BCUT2D eigenvalue weighted by molar-refractivity contribution is 0.0533. The molecule has 2 rings (SSSR count). The van der Waals surface area contributed by atoms with Crippen LogP contribution in [0.4, 0.5) is 10.7 Å². The Bertz CT molecular complexity index is 556. The number of ether oxygens (including phenoxy) is 1. The van der Waals surface area contributed by atoms with Crippen LogP contribution in [0.5, 0.6) is 0 Å². The highest BCUT2D eigenvalue weighted by molar-refractivity contribution is 7.18. The van der Waals surface area contributed by atoms with Crippen molar-refractivity contribution in [2.45, 2.75) is 33.1 Å². The topological polar surface area (TPSA) is 88.1 Å². The molecule has 0 spiro atoms. The Morgan fingerprint density at radius 3 is 2.80 bits per heavy atom. The van der Waals surface area contributed by atoms with Crippen LogP contribution < -0.4 is 11.1 Å². The molecule has 1 saturated carbocycles. The molecule has 6 heteroatoms. The van der Waals surface area contributed by atoms with Crippen LogP contribution in [0.1, 0.15) is 48.3 Å². The van der Waals surface area contributed by atoms with E-state index in [9.17, 15) is 10.1 Å². The Morgan fingerprint density at radius 1 is 1.60 bits per heavy atom. The highest BCUT2D eigenvalue weighted by Crippen LogP contribution is 2.42. The van der Waals surface area contributed by atoms with Gasteiger partial charge >= 0.3 is 5.97 Å². The number of thiophene rings is 1. The van der Waals surface area contributed by atoms with Gasteiger partial charge in [0.25, 0.3) is 0 Å². The van der Waals surface area contributed by atoms with Crippen LogP contribution in [0.25, 0.3) is 0 Å². The normalized spacial score (nSPS) is 16.1. The summed E-state index contributed by atoms with van der Waals surface area (Å²) in [6, 6.07) is 2.07. The predicted molar refractivity (Wildman–Crippen MR) is 79.9 cm³/mol. The summed E-state index contributed by atoms with van der Waals surface area (Å²) in [5, 5.41) is 13.2. The van der Waals surface area contributed by atoms with Gasteiger partial charge in [0.15, 0.2) is 0 Å². The number of rotatable bonds is 5. The van der Waals surface area contributed by atoms with E-state index in [2.05, 4.69) is 18.3 Å². The summed E-state index contributed by atoms with van der Waals surface area (Å²) in [6.07, 6.45) is 3.63. The number of nitrogens with two attached hydrogens (primary N) is 1. The van der Waals surface area contributed by atoms with Crippen LogP contribution >= 0.6 is 11.3 Å². The summed E-state index contributed by atoms with van der Waals surface area (Å²) in [4.78, 5) is 12.1. The molecule has 20 heavy (non-hydrogen) atoms. The Hall–Kier alpha value is -1.74. The first kappa shape index (κ1) is 14.7. The molecule has 0 bridgehead atoms. The zero-order valence-electron chi connectivity index (χ0n) is 11.8. The van der Waals surface area contributed by atoms with Gasteiger partial charge in [0.05, 0.1) is 12.3 Å². The summed E-state index contributed by atoms with van der Waals surface area (Å²) in [6.45, 7) is 5.05. The Kier molecular flexibility index (Phi) is 4.19. The number of carbonyl (C=O) groups is 1. The van der Waals surface area contributed by atoms with E-state index in [1.165, 1.54) is 30.6 Å². The van der Waals surface area contributed by atoms with Crippen LogP contribution in [0.3, 0.4) is 0 Å². The van der Waals surface area contributed by atoms with Crippen molar-refractivity contribution < 1.29 is 9.53 Å². The van der Waals surface area contributed by atoms with Gasteiger partial charge in [-0.25, -0.2) is 4.79 Å². The van der Waals surface area contributed by atoms with E-state index in [0.717, 1.165) is 6.54 Å². The Labute approximate surface area is 122 Å². The third kappa shape index (κ3) is 2.73. The number of anilines is 2. The number of hydrogen-bond donors (Lipinski definition) is 2. The molecule has 3 N–H and O–H groups in total. The molecular formula is C14H19N3O2S. The van der Waals surface area contributed by atoms with Gasteiger partial charge in [-0.15, -0.1) is 11.3 Å². The number of nitriles is 1. The smallest absolute Gasteiger partial charge is 0.350 e. The zero-order valence-corrected chi connectivity index (χ0v) is 12.6. The lowest BCUT2D eigenvalue weighted by Gasteiger charge is -2.38. The van der Waals surface area contributed by atoms with Gasteiger partial charge in [0.1, 0.15) is 21.5 Å². The minimum Gasteiger partial charge on any atom is -0.462 e. The summed E-state index contributed by atoms with van der Waals surface area (Å²) in [7, 11) is 0. The van der Waals surface area contributed by atoms with Crippen LogP contribution in [0.2, 0.25) is 0 Å². The summed E-state index contributed by atoms with van der Waals surface area (Å²) >= 11 is 1.20. The molecule has 0 saturated heterocycles. The average molecular weight is 293 g/mol. The van der Waals surface area contributed by atoms with Crippen LogP contribution in [0, 0.1) is 16.7 Å². The quantitative estimate of drug-likeness (QED) is 0.815. The van der Waals surface area contributed by atoms with Gasteiger partial charge in [-0.3, -0.25) is 0 Å². The van der Waals surface area contributed by atoms with Gasteiger partial charge in [0, 0.05) is 6.54 Å². The van der Waals surface area contributed by atoms with Crippen molar-refractivity contribution in [3.8, 4) is 6.07 Å². The molecule has 1 aliphatic rings. The first-order chi connectivity index (χ1) is 9.50. The van der Waals surface area contributed by atoms with Crippen molar-refractivity contribution in [1.29, 1.82) is 5.26 Å². The summed E-state index contributed by atoms with van der Waals surface area (Å²) in [5.41, 5.74) is 6.73. The average Bonchev–Trinajstić information content (AvgIpc) is 2.71. The van der Waals surface area contributed by atoms with Crippen LogP contribution in [-0.4, -0.2) is 19.1 Å². The van der Waals surface area contributed by atoms with Crippen molar-refractivity contribution in [2.75, 3.05) is 24.2 Å². The molecule has 1 aromatic rings. The Balaban J connectivity index is 2.18. The highest BCUT2D eigenvalue weighted by atomic mass is 32.1. The third-order valence-corrected chi connectivity index (χ3v) is 4.90. The molecule has 1 heterocycles. The van der Waals surface area contributed by atoms with Crippen molar-refractivity contribution in [1.82, 2.24) is 0 Å². The fraction of sp³-hybridized carbons (Fsp3) is 0.571. The van der Waals surface area contributed by atoms with Gasteiger partial charge in [-0.2, -0.15) is 5.26 Å². The molecule has 0 amide bonds. The maximum Gasteiger partial charge on any atom is 0.350 e. The summed E-state index contributed by atoms with van der Waals surface area (Å²) in [5.74, 6) is -0.464. The first-order valence-corrected chi connectivity index (χ1v) is 7.56. The monoisotopic (exact) mass is 293 g/mol. The van der Waals surface area contributed by atoms with Gasteiger partial charge in [-0.05, 0) is 25.2 Å². The van der Waals surface area contributed by atoms with E-state index < -0.39 is 5.97 Å². The molecule has 1 aromatic heterocycles. The molecule has 1 fully saturated rings. The van der Waals surface area contributed by atoms with Crippen molar-refractivity contribution in [3.05, 3.63) is 10.4 Å². The van der Waals surface area contributed by atoms with E-state index >= 15 is 0 Å². The van der Waals surface area contributed by atoms with E-state index in [-0.39, 0.29) is 11.1 Å². The fourth-order valence-corrected chi connectivity index (χ4v) is 3.24. The number of esters is 1. The van der Waals surface area contributed by atoms with E-state index in [1.807, 2.05) is 0 Å². The molecule has 0 aromatic carbocycles. The van der Waals surface area contributed by atoms with Gasteiger partial charge in [0.2, 0.25) is 0 Å². The van der Waals surface area contributed by atoms with Crippen molar-refractivity contribution in [2.24, 2.45) is 5.41 Å².